The lowest BCUT2D eigenvalue weighted by Crippen LogP contribution is -2.58. The predicted molar refractivity (Wildman–Crippen MR) is 112 cm³/mol. The molecule has 2 aliphatic carbocycles. The van der Waals surface area contributed by atoms with E-state index in [0.717, 1.165) is 29.3 Å². The number of amides is 1. The van der Waals surface area contributed by atoms with Crippen molar-refractivity contribution >= 4 is 33.8 Å². The number of hydrogen-bond acceptors (Lipinski definition) is 5. The van der Waals surface area contributed by atoms with E-state index in [4.69, 9.17) is 9.47 Å². The third-order valence-electron chi connectivity index (χ3n) is 5.39. The van der Waals surface area contributed by atoms with Crippen LogP contribution < -0.4 is 5.32 Å². The van der Waals surface area contributed by atoms with Gasteiger partial charge in [-0.15, -0.1) is 0 Å². The van der Waals surface area contributed by atoms with Gasteiger partial charge in [-0.25, -0.2) is 9.59 Å². The van der Waals surface area contributed by atoms with E-state index in [2.05, 4.69) is 21.2 Å². The summed E-state index contributed by atoms with van der Waals surface area (Å²) < 4.78 is 12.0. The lowest BCUT2D eigenvalue weighted by atomic mass is 9.81. The van der Waals surface area contributed by atoms with Crippen LogP contribution in [-0.2, 0) is 20.7 Å². The van der Waals surface area contributed by atoms with Gasteiger partial charge in [0.15, 0.2) is 6.10 Å². The third-order valence-corrected chi connectivity index (χ3v) is 5.88. The van der Waals surface area contributed by atoms with Crippen molar-refractivity contribution in [2.45, 2.75) is 83.0 Å². The number of rotatable bonds is 3. The molecule has 1 unspecified atom stereocenters. The van der Waals surface area contributed by atoms with E-state index in [1.54, 1.807) is 26.8 Å². The monoisotopic (exact) mass is 465 g/mol. The molecule has 29 heavy (non-hydrogen) atoms. The Morgan fingerprint density at radius 3 is 2.52 bits per heavy atom. The van der Waals surface area contributed by atoms with Gasteiger partial charge in [0.25, 0.3) is 0 Å². The number of hydrogen-bond donors (Lipinski definition) is 1. The molecule has 1 atom stereocenters. The quantitative estimate of drug-likeness (QED) is 0.653. The van der Waals surface area contributed by atoms with Crippen molar-refractivity contribution in [3.05, 3.63) is 33.8 Å². The van der Waals surface area contributed by atoms with E-state index in [1.807, 2.05) is 12.1 Å². The minimum Gasteiger partial charge on any atom is -0.452 e. The van der Waals surface area contributed by atoms with E-state index in [1.165, 1.54) is 0 Å². The molecule has 7 heteroatoms. The number of halogens is 1. The van der Waals surface area contributed by atoms with Crippen LogP contribution in [0.25, 0.3) is 0 Å². The normalized spacial score (nSPS) is 21.1. The van der Waals surface area contributed by atoms with Crippen LogP contribution in [0.4, 0.5) is 4.79 Å². The Morgan fingerprint density at radius 2 is 1.86 bits per heavy atom. The Labute approximate surface area is 179 Å². The molecule has 0 radical (unpaired) electrons. The minimum atomic E-state index is -1.14. The summed E-state index contributed by atoms with van der Waals surface area (Å²) in [6.07, 6.45) is 3.21. The van der Waals surface area contributed by atoms with Crippen LogP contribution in [0.2, 0.25) is 0 Å². The Hall–Kier alpha value is -1.89. The number of carbonyl (C=O) groups excluding carboxylic acids is 3. The molecule has 0 saturated heterocycles. The highest BCUT2D eigenvalue weighted by Gasteiger charge is 2.45. The zero-order valence-corrected chi connectivity index (χ0v) is 18.8. The summed E-state index contributed by atoms with van der Waals surface area (Å²) in [7, 11) is 0. The van der Waals surface area contributed by atoms with Crippen molar-refractivity contribution < 1.29 is 23.9 Å². The Kier molecular flexibility index (Phi) is 6.36. The van der Waals surface area contributed by atoms with E-state index < -0.39 is 29.3 Å². The predicted octanol–water partition coefficient (Wildman–Crippen LogP) is 4.72. The molecule has 0 aromatic heterocycles. The molecule has 158 valence electrons. The summed E-state index contributed by atoms with van der Waals surface area (Å²) in [5.74, 6) is -0.725. The molecule has 2 aliphatic rings. The lowest BCUT2D eigenvalue weighted by Gasteiger charge is -2.37. The second-order valence-electron chi connectivity index (χ2n) is 8.87. The maximum Gasteiger partial charge on any atom is 0.408 e. The standard InChI is InChI=1S/C22H28BrNO5/c1-21(2,3)29-20(27)24-22(11-5-4-6-12-22)19(26)28-17-10-7-14-13-15(23)8-9-16(14)18(17)25/h8-9,13,17H,4-7,10-12H2,1-3H3,(H,24,27). The molecule has 0 spiro atoms. The molecule has 1 N–H and O–H groups in total. The van der Waals surface area contributed by atoms with Crippen molar-refractivity contribution in [2.24, 2.45) is 0 Å². The van der Waals surface area contributed by atoms with Crippen molar-refractivity contribution in [3.63, 3.8) is 0 Å². The number of nitrogens with one attached hydrogen (secondary N) is 1. The fourth-order valence-electron chi connectivity index (χ4n) is 3.99. The summed E-state index contributed by atoms with van der Waals surface area (Å²) in [5.41, 5.74) is -0.256. The summed E-state index contributed by atoms with van der Waals surface area (Å²) in [6.45, 7) is 5.32. The molecule has 3 rings (SSSR count). The summed E-state index contributed by atoms with van der Waals surface area (Å²) in [4.78, 5) is 38.4. The van der Waals surface area contributed by atoms with Gasteiger partial charge in [0.2, 0.25) is 5.78 Å². The molecule has 0 bridgehead atoms. The first-order chi connectivity index (χ1) is 13.6. The van der Waals surface area contributed by atoms with Crippen LogP contribution in [0.1, 0.15) is 75.2 Å². The van der Waals surface area contributed by atoms with Crippen LogP contribution in [0.15, 0.2) is 22.7 Å². The van der Waals surface area contributed by atoms with Gasteiger partial charge in [-0.1, -0.05) is 35.2 Å². The Bertz CT molecular complexity index is 808. The lowest BCUT2D eigenvalue weighted by molar-refractivity contribution is -0.157. The number of esters is 1. The zero-order chi connectivity index (χ0) is 21.2. The maximum absolute atomic E-state index is 13.1. The minimum absolute atomic E-state index is 0.185. The fourth-order valence-corrected chi connectivity index (χ4v) is 4.40. The van der Waals surface area contributed by atoms with E-state index in [0.29, 0.717) is 31.2 Å². The van der Waals surface area contributed by atoms with Gasteiger partial charge < -0.3 is 14.8 Å². The molecule has 6 nitrogen and oxygen atoms in total. The van der Waals surface area contributed by atoms with E-state index in [9.17, 15) is 14.4 Å². The van der Waals surface area contributed by atoms with Crippen molar-refractivity contribution in [2.75, 3.05) is 0 Å². The highest BCUT2D eigenvalue weighted by atomic mass is 79.9. The third kappa shape index (κ3) is 5.18. The van der Waals surface area contributed by atoms with Crippen LogP contribution >= 0.6 is 15.9 Å². The SMILES string of the molecule is CC(C)(C)OC(=O)NC1(C(=O)OC2CCc3cc(Br)ccc3C2=O)CCCCC1. The first-order valence-electron chi connectivity index (χ1n) is 10.1. The van der Waals surface area contributed by atoms with Gasteiger partial charge in [-0.05, 0) is 70.2 Å². The number of benzene rings is 1. The molecule has 1 aromatic carbocycles. The average molecular weight is 466 g/mol. The number of Topliss-reactive ketones (excluding diaryl/α,β-unsaturated/α-hetero) is 1. The molecule has 1 fully saturated rings. The number of ketones is 1. The second-order valence-corrected chi connectivity index (χ2v) is 9.78. The van der Waals surface area contributed by atoms with Gasteiger partial charge in [0, 0.05) is 10.0 Å². The molecule has 1 saturated carbocycles. The van der Waals surface area contributed by atoms with Gasteiger partial charge in [0.1, 0.15) is 11.1 Å². The number of fused-ring (bicyclic) bond motifs is 1. The van der Waals surface area contributed by atoms with Gasteiger partial charge in [-0.2, -0.15) is 0 Å². The molecule has 0 heterocycles. The van der Waals surface area contributed by atoms with Crippen molar-refractivity contribution in [1.82, 2.24) is 5.32 Å². The van der Waals surface area contributed by atoms with Crippen molar-refractivity contribution in [1.29, 1.82) is 0 Å². The van der Waals surface area contributed by atoms with Crippen LogP contribution in [-0.4, -0.2) is 35.1 Å². The number of alkyl carbamates (subject to hydrolysis) is 1. The van der Waals surface area contributed by atoms with E-state index >= 15 is 0 Å². The molecular formula is C22H28BrNO5. The van der Waals surface area contributed by atoms with Crippen LogP contribution in [0, 0.1) is 0 Å². The van der Waals surface area contributed by atoms with Crippen molar-refractivity contribution in [3.8, 4) is 0 Å². The highest BCUT2D eigenvalue weighted by molar-refractivity contribution is 9.10. The van der Waals surface area contributed by atoms with Crippen LogP contribution in [0.3, 0.4) is 0 Å². The molecule has 1 amide bonds. The largest absolute Gasteiger partial charge is 0.452 e. The zero-order valence-electron chi connectivity index (χ0n) is 17.2. The smallest absolute Gasteiger partial charge is 0.408 e. The summed E-state index contributed by atoms with van der Waals surface area (Å²) in [6, 6.07) is 5.50. The number of carbonyl (C=O) groups is 3. The topological polar surface area (TPSA) is 81.7 Å². The molecule has 0 aliphatic heterocycles. The number of aryl methyl sites for hydroxylation is 1. The first-order valence-corrected chi connectivity index (χ1v) is 10.9. The first kappa shape index (κ1) is 21.8. The fraction of sp³-hybridized carbons (Fsp3) is 0.591. The summed E-state index contributed by atoms with van der Waals surface area (Å²) in [5, 5.41) is 2.77. The Balaban J connectivity index is 1.74. The average Bonchev–Trinajstić information content (AvgIpc) is 2.63. The van der Waals surface area contributed by atoms with Gasteiger partial charge in [0.05, 0.1) is 0 Å². The Morgan fingerprint density at radius 1 is 1.17 bits per heavy atom. The molecular weight excluding hydrogens is 438 g/mol. The van der Waals surface area contributed by atoms with Crippen LogP contribution in [0.5, 0.6) is 0 Å². The van der Waals surface area contributed by atoms with Gasteiger partial charge >= 0.3 is 12.1 Å². The summed E-state index contributed by atoms with van der Waals surface area (Å²) >= 11 is 3.42. The highest BCUT2D eigenvalue weighted by Crippen LogP contribution is 2.32. The van der Waals surface area contributed by atoms with E-state index in [-0.39, 0.29) is 5.78 Å². The second kappa shape index (κ2) is 8.46. The number of ether oxygens (including phenoxy) is 2. The maximum atomic E-state index is 13.1. The van der Waals surface area contributed by atoms with Gasteiger partial charge in [-0.3, -0.25) is 4.79 Å². The molecule has 1 aromatic rings.